The van der Waals surface area contributed by atoms with Gasteiger partial charge in [-0.25, -0.2) is 14.0 Å². The molecule has 0 radical (unpaired) electrons. The lowest BCUT2D eigenvalue weighted by atomic mass is 9.78. The molecule has 12 heteroatoms. The standard InChI is InChI=1S/C34H48FN3O8/c1-6-8-17-44-27-15-16-38(31(40)22-11-9-21(10-12-22)25(20-35)37-33(42)46-34(3,4)5)29(27)30(39)36-24-13-14-26-23(18-24)19-28(45-26)32(41)43-7-2/h13-14,18-19,21-22,25,27,29H,6-12,15-17,20H2,1-5H3,(H,36,39)(H,37,42)/t21-,22-,25-,27+,29+/m1/s1. The van der Waals surface area contributed by atoms with Crippen molar-refractivity contribution < 1.29 is 42.2 Å². The van der Waals surface area contributed by atoms with Crippen molar-refractivity contribution in [1.82, 2.24) is 10.2 Å². The smallest absolute Gasteiger partial charge is 0.407 e. The fourth-order valence-corrected chi connectivity index (χ4v) is 6.26. The highest BCUT2D eigenvalue weighted by atomic mass is 19.1. The number of rotatable bonds is 12. The monoisotopic (exact) mass is 645 g/mol. The number of likely N-dealkylation sites (tertiary alicyclic amines) is 1. The van der Waals surface area contributed by atoms with Crippen LogP contribution in [0.15, 0.2) is 28.7 Å². The number of hydrogen-bond donors (Lipinski definition) is 2. The summed E-state index contributed by atoms with van der Waals surface area (Å²) in [6.45, 7) is 9.41. The Labute approximate surface area is 269 Å². The molecule has 254 valence electrons. The highest BCUT2D eigenvalue weighted by Crippen LogP contribution is 2.35. The highest BCUT2D eigenvalue weighted by molar-refractivity contribution is 6.00. The van der Waals surface area contributed by atoms with Crippen molar-refractivity contribution in [3.8, 4) is 0 Å². The summed E-state index contributed by atoms with van der Waals surface area (Å²) < 4.78 is 36.0. The van der Waals surface area contributed by atoms with Gasteiger partial charge in [-0.2, -0.15) is 0 Å². The third kappa shape index (κ3) is 8.98. The van der Waals surface area contributed by atoms with Gasteiger partial charge in [0.2, 0.25) is 17.6 Å². The van der Waals surface area contributed by atoms with Gasteiger partial charge in [0.1, 0.15) is 23.9 Å². The van der Waals surface area contributed by atoms with Crippen LogP contribution in [0.4, 0.5) is 14.9 Å². The van der Waals surface area contributed by atoms with E-state index < -0.39 is 42.5 Å². The Morgan fingerprint density at radius 1 is 1.07 bits per heavy atom. The van der Waals surface area contributed by atoms with Gasteiger partial charge < -0.3 is 34.2 Å². The maximum absolute atomic E-state index is 14.0. The number of halogens is 1. The Morgan fingerprint density at radius 3 is 2.46 bits per heavy atom. The number of furan rings is 1. The summed E-state index contributed by atoms with van der Waals surface area (Å²) in [6, 6.07) is 5.12. The molecule has 2 aromatic rings. The second-order valence-electron chi connectivity index (χ2n) is 13.1. The van der Waals surface area contributed by atoms with Crippen LogP contribution in [0.5, 0.6) is 0 Å². The van der Waals surface area contributed by atoms with Gasteiger partial charge in [0, 0.05) is 30.1 Å². The first-order valence-corrected chi connectivity index (χ1v) is 16.4. The number of nitrogens with one attached hydrogen (secondary N) is 2. The van der Waals surface area contributed by atoms with Gasteiger partial charge in [-0.3, -0.25) is 9.59 Å². The van der Waals surface area contributed by atoms with E-state index in [4.69, 9.17) is 18.6 Å². The van der Waals surface area contributed by atoms with Gasteiger partial charge >= 0.3 is 12.1 Å². The number of fused-ring (bicyclic) bond motifs is 1. The molecule has 3 amide bonds. The molecule has 0 bridgehead atoms. The third-order valence-corrected chi connectivity index (χ3v) is 8.54. The summed E-state index contributed by atoms with van der Waals surface area (Å²) in [5, 5.41) is 6.23. The average Bonchev–Trinajstić information content (AvgIpc) is 3.63. The zero-order chi connectivity index (χ0) is 33.4. The van der Waals surface area contributed by atoms with Crippen molar-refractivity contribution in [1.29, 1.82) is 0 Å². The number of amides is 3. The topological polar surface area (TPSA) is 136 Å². The minimum Gasteiger partial charge on any atom is -0.460 e. The normalized spacial score (nSPS) is 22.3. The highest BCUT2D eigenvalue weighted by Gasteiger charge is 2.45. The lowest BCUT2D eigenvalue weighted by Gasteiger charge is -2.35. The van der Waals surface area contributed by atoms with Crippen molar-refractivity contribution in [2.45, 2.75) is 103 Å². The van der Waals surface area contributed by atoms with Crippen molar-refractivity contribution in [2.24, 2.45) is 11.8 Å². The van der Waals surface area contributed by atoms with E-state index in [2.05, 4.69) is 17.6 Å². The van der Waals surface area contributed by atoms with Crippen LogP contribution in [0.1, 0.15) is 90.1 Å². The van der Waals surface area contributed by atoms with E-state index >= 15 is 0 Å². The van der Waals surface area contributed by atoms with Gasteiger partial charge in [0.15, 0.2) is 0 Å². The van der Waals surface area contributed by atoms with Crippen LogP contribution in [0.25, 0.3) is 11.0 Å². The molecule has 1 aliphatic carbocycles. The summed E-state index contributed by atoms with van der Waals surface area (Å²) in [5.74, 6) is -1.39. The Bertz CT molecular complexity index is 1360. The Morgan fingerprint density at radius 2 is 1.80 bits per heavy atom. The van der Waals surface area contributed by atoms with Gasteiger partial charge in [-0.05, 0) is 96.4 Å². The van der Waals surface area contributed by atoms with Crippen molar-refractivity contribution >= 4 is 40.5 Å². The number of carbonyl (C=O) groups is 4. The number of anilines is 1. The molecule has 4 rings (SSSR count). The zero-order valence-corrected chi connectivity index (χ0v) is 27.6. The van der Waals surface area contributed by atoms with Crippen LogP contribution in [0.3, 0.4) is 0 Å². The molecule has 3 atom stereocenters. The lowest BCUT2D eigenvalue weighted by Crippen LogP contribution is -2.51. The van der Waals surface area contributed by atoms with E-state index in [0.717, 1.165) is 12.8 Å². The molecule has 0 spiro atoms. The SMILES string of the molecule is CCCCO[C@H]1CCN(C(=O)[C@H]2CC[C@H]([C@@H](CF)NC(=O)OC(C)(C)C)CC2)[C@@H]1C(=O)Nc1ccc2oc(C(=O)OCC)cc2c1. The number of benzene rings is 1. The fourth-order valence-electron chi connectivity index (χ4n) is 6.26. The molecule has 2 heterocycles. The summed E-state index contributed by atoms with van der Waals surface area (Å²) in [7, 11) is 0. The predicted molar refractivity (Wildman–Crippen MR) is 170 cm³/mol. The molecule has 1 aromatic heterocycles. The van der Waals surface area contributed by atoms with E-state index in [-0.39, 0.29) is 36.0 Å². The van der Waals surface area contributed by atoms with Crippen LogP contribution in [0.2, 0.25) is 0 Å². The minimum atomic E-state index is -0.815. The molecule has 1 aromatic carbocycles. The Kier molecular flexibility index (Phi) is 12.0. The molecule has 1 saturated heterocycles. The first-order chi connectivity index (χ1) is 21.9. The summed E-state index contributed by atoms with van der Waals surface area (Å²) in [4.78, 5) is 53.7. The number of nitrogens with zero attached hydrogens (tertiary/aromatic N) is 1. The molecular formula is C34H48FN3O8. The van der Waals surface area contributed by atoms with E-state index in [1.165, 1.54) is 0 Å². The maximum atomic E-state index is 14.0. The number of unbranched alkanes of at least 4 members (excludes halogenated alkanes) is 1. The fraction of sp³-hybridized carbons (Fsp3) is 0.647. The number of alkyl halides is 1. The molecule has 1 aliphatic heterocycles. The first-order valence-electron chi connectivity index (χ1n) is 16.4. The lowest BCUT2D eigenvalue weighted by molar-refractivity contribution is -0.143. The van der Waals surface area contributed by atoms with E-state index in [9.17, 15) is 23.6 Å². The second kappa shape index (κ2) is 15.8. The van der Waals surface area contributed by atoms with Crippen LogP contribution in [0, 0.1) is 11.8 Å². The Balaban J connectivity index is 1.43. The minimum absolute atomic E-state index is 0.0745. The third-order valence-electron chi connectivity index (χ3n) is 8.54. The quantitative estimate of drug-likeness (QED) is 0.212. The van der Waals surface area contributed by atoms with Crippen LogP contribution >= 0.6 is 0 Å². The number of ether oxygens (including phenoxy) is 3. The Hall–Kier alpha value is -3.67. The van der Waals surface area contributed by atoms with Crippen molar-refractivity contribution in [3.63, 3.8) is 0 Å². The first kappa shape index (κ1) is 35.2. The number of hydrogen-bond acceptors (Lipinski definition) is 8. The number of alkyl carbamates (subject to hydrolysis) is 1. The van der Waals surface area contributed by atoms with Crippen molar-refractivity contribution in [2.75, 3.05) is 31.7 Å². The summed E-state index contributed by atoms with van der Waals surface area (Å²) in [5.41, 5.74) is 0.285. The van der Waals surface area contributed by atoms with E-state index in [0.29, 0.717) is 61.9 Å². The second-order valence-corrected chi connectivity index (χ2v) is 13.1. The number of esters is 1. The largest absolute Gasteiger partial charge is 0.460 e. The maximum Gasteiger partial charge on any atom is 0.407 e. The van der Waals surface area contributed by atoms with Crippen LogP contribution < -0.4 is 10.6 Å². The average molecular weight is 646 g/mol. The zero-order valence-electron chi connectivity index (χ0n) is 27.6. The van der Waals surface area contributed by atoms with E-state index in [1.54, 1.807) is 56.9 Å². The molecule has 1 saturated carbocycles. The molecular weight excluding hydrogens is 597 g/mol. The summed E-state index contributed by atoms with van der Waals surface area (Å²) >= 11 is 0. The van der Waals surface area contributed by atoms with Gasteiger partial charge in [-0.1, -0.05) is 13.3 Å². The molecule has 11 nitrogen and oxygen atoms in total. The molecule has 46 heavy (non-hydrogen) atoms. The van der Waals surface area contributed by atoms with E-state index in [1.807, 2.05) is 0 Å². The van der Waals surface area contributed by atoms with Crippen LogP contribution in [-0.2, 0) is 23.8 Å². The summed E-state index contributed by atoms with van der Waals surface area (Å²) in [6.07, 6.45) is 3.42. The van der Waals surface area contributed by atoms with Gasteiger partial charge in [0.05, 0.1) is 18.8 Å². The number of carbonyl (C=O) groups excluding carboxylic acids is 4. The molecule has 0 unspecified atom stereocenters. The molecule has 2 fully saturated rings. The van der Waals surface area contributed by atoms with Gasteiger partial charge in [0.25, 0.3) is 0 Å². The van der Waals surface area contributed by atoms with Crippen molar-refractivity contribution in [3.05, 3.63) is 30.0 Å². The van der Waals surface area contributed by atoms with Gasteiger partial charge in [-0.15, -0.1) is 0 Å². The molecule has 2 aliphatic rings. The van der Waals surface area contributed by atoms with Crippen LogP contribution in [-0.4, -0.2) is 79.0 Å². The predicted octanol–water partition coefficient (Wildman–Crippen LogP) is 6.00. The molecule has 2 N–H and O–H groups in total.